The molecule has 0 bridgehead atoms. The van der Waals surface area contributed by atoms with Crippen LogP contribution >= 0.6 is 15.9 Å². The lowest BCUT2D eigenvalue weighted by atomic mass is 10.3. The highest BCUT2D eigenvalue weighted by Gasteiger charge is 2.05. The first-order valence-corrected chi connectivity index (χ1v) is 5.89. The molecule has 3 aromatic rings. The van der Waals surface area contributed by atoms with Crippen LogP contribution in [0.1, 0.15) is 0 Å². The zero-order valence-electron chi connectivity index (χ0n) is 8.84. The Bertz CT molecular complexity index is 690. The smallest absolute Gasteiger partial charge is 0.139 e. The van der Waals surface area contributed by atoms with Gasteiger partial charge in [0.2, 0.25) is 0 Å². The Labute approximate surface area is 106 Å². The number of rotatable bonds is 1. The predicted molar refractivity (Wildman–Crippen MR) is 71.0 cm³/mol. The van der Waals surface area contributed by atoms with Crippen LogP contribution in [0.5, 0.6) is 0 Å². The minimum Gasteiger partial charge on any atom is -0.399 e. The van der Waals surface area contributed by atoms with E-state index in [4.69, 9.17) is 5.73 Å². The highest BCUT2D eigenvalue weighted by atomic mass is 79.9. The molecule has 0 aliphatic carbocycles. The first-order chi connectivity index (χ1) is 8.24. The summed E-state index contributed by atoms with van der Waals surface area (Å²) in [6.07, 6.45) is 1.75. The van der Waals surface area contributed by atoms with Gasteiger partial charge < -0.3 is 5.73 Å². The van der Waals surface area contributed by atoms with Crippen molar-refractivity contribution in [3.05, 3.63) is 47.3 Å². The predicted octanol–water partition coefficient (Wildman–Crippen LogP) is 2.77. The quantitative estimate of drug-likeness (QED) is 0.553. The van der Waals surface area contributed by atoms with Crippen molar-refractivity contribution in [2.24, 2.45) is 0 Å². The Morgan fingerprint density at radius 2 is 2.06 bits per heavy atom. The number of fused-ring (bicyclic) bond motifs is 1. The molecule has 0 saturated carbocycles. The minimum absolute atomic E-state index is 0.713. The van der Waals surface area contributed by atoms with Crippen LogP contribution < -0.4 is 5.73 Å². The highest BCUT2D eigenvalue weighted by molar-refractivity contribution is 9.10. The molecule has 0 spiro atoms. The summed E-state index contributed by atoms with van der Waals surface area (Å²) in [7, 11) is 0. The molecular formula is C12H9BrN4. The molecule has 0 aliphatic heterocycles. The number of nitrogens with zero attached hydrogens (tertiary/aromatic N) is 3. The van der Waals surface area contributed by atoms with Gasteiger partial charge in [-0.1, -0.05) is 6.07 Å². The molecule has 17 heavy (non-hydrogen) atoms. The van der Waals surface area contributed by atoms with E-state index in [0.29, 0.717) is 5.69 Å². The number of halogens is 1. The molecule has 4 nitrogen and oxygen atoms in total. The van der Waals surface area contributed by atoms with E-state index in [1.165, 1.54) is 0 Å². The van der Waals surface area contributed by atoms with Gasteiger partial charge in [0.05, 0.1) is 11.0 Å². The van der Waals surface area contributed by atoms with Crippen molar-refractivity contribution in [1.82, 2.24) is 14.5 Å². The number of nitrogens with two attached hydrogens (primary N) is 1. The zero-order chi connectivity index (χ0) is 11.8. The Morgan fingerprint density at radius 1 is 1.18 bits per heavy atom. The summed E-state index contributed by atoms with van der Waals surface area (Å²) in [5.74, 6) is 0.826. The standard InChI is InChI=1S/C12H9BrN4/c13-11-2-1-3-12(16-11)17-7-15-9-6-8(14)4-5-10(9)17/h1-7H,14H2. The molecule has 0 aliphatic rings. The van der Waals surface area contributed by atoms with Crippen LogP contribution in [0, 0.1) is 0 Å². The second-order valence-corrected chi connectivity index (χ2v) is 4.49. The maximum Gasteiger partial charge on any atom is 0.139 e. The summed E-state index contributed by atoms with van der Waals surface area (Å²) < 4.78 is 2.73. The molecule has 5 heteroatoms. The Balaban J connectivity index is 2.24. The third-order valence-electron chi connectivity index (χ3n) is 2.52. The van der Waals surface area contributed by atoms with Gasteiger partial charge in [0, 0.05) is 5.69 Å². The van der Waals surface area contributed by atoms with Crippen molar-refractivity contribution in [2.45, 2.75) is 0 Å². The van der Waals surface area contributed by atoms with Gasteiger partial charge in [-0.2, -0.15) is 0 Å². The molecule has 2 heterocycles. The molecule has 2 N–H and O–H groups in total. The molecular weight excluding hydrogens is 280 g/mol. The minimum atomic E-state index is 0.713. The zero-order valence-corrected chi connectivity index (χ0v) is 10.4. The van der Waals surface area contributed by atoms with Gasteiger partial charge in [0.1, 0.15) is 16.7 Å². The van der Waals surface area contributed by atoms with E-state index < -0.39 is 0 Å². The summed E-state index contributed by atoms with van der Waals surface area (Å²) in [6.45, 7) is 0. The molecule has 0 fully saturated rings. The fraction of sp³-hybridized carbons (Fsp3) is 0. The van der Waals surface area contributed by atoms with Crippen molar-refractivity contribution in [3.8, 4) is 5.82 Å². The van der Waals surface area contributed by atoms with Crippen LogP contribution in [0.4, 0.5) is 5.69 Å². The molecule has 0 saturated heterocycles. The van der Waals surface area contributed by atoms with Crippen LogP contribution in [0.15, 0.2) is 47.3 Å². The SMILES string of the molecule is Nc1ccc2c(c1)ncn2-c1cccc(Br)n1. The van der Waals surface area contributed by atoms with E-state index in [1.54, 1.807) is 6.33 Å². The average molecular weight is 289 g/mol. The van der Waals surface area contributed by atoms with Gasteiger partial charge in [-0.3, -0.25) is 4.57 Å². The lowest BCUT2D eigenvalue weighted by Gasteiger charge is -2.03. The summed E-state index contributed by atoms with van der Waals surface area (Å²) >= 11 is 3.36. The van der Waals surface area contributed by atoms with E-state index in [9.17, 15) is 0 Å². The topological polar surface area (TPSA) is 56.7 Å². The van der Waals surface area contributed by atoms with Crippen molar-refractivity contribution < 1.29 is 0 Å². The van der Waals surface area contributed by atoms with E-state index in [1.807, 2.05) is 41.0 Å². The highest BCUT2D eigenvalue weighted by Crippen LogP contribution is 2.20. The van der Waals surface area contributed by atoms with Crippen LogP contribution in [-0.2, 0) is 0 Å². The van der Waals surface area contributed by atoms with Gasteiger partial charge in [0.15, 0.2) is 0 Å². The molecule has 0 unspecified atom stereocenters. The largest absolute Gasteiger partial charge is 0.399 e. The van der Waals surface area contributed by atoms with Crippen molar-refractivity contribution >= 4 is 32.7 Å². The first kappa shape index (κ1) is 10.3. The number of pyridine rings is 1. The molecule has 3 rings (SSSR count). The summed E-state index contributed by atoms with van der Waals surface area (Å²) in [5.41, 5.74) is 8.29. The van der Waals surface area contributed by atoms with Crippen molar-refractivity contribution in [2.75, 3.05) is 5.73 Å². The van der Waals surface area contributed by atoms with Crippen LogP contribution in [-0.4, -0.2) is 14.5 Å². The van der Waals surface area contributed by atoms with E-state index in [-0.39, 0.29) is 0 Å². The maximum atomic E-state index is 5.72. The molecule has 0 amide bonds. The number of nitrogen functional groups attached to an aromatic ring is 1. The second-order valence-electron chi connectivity index (χ2n) is 3.68. The normalized spacial score (nSPS) is 10.9. The average Bonchev–Trinajstić information content (AvgIpc) is 2.71. The van der Waals surface area contributed by atoms with Gasteiger partial charge in [-0.15, -0.1) is 0 Å². The van der Waals surface area contributed by atoms with Crippen LogP contribution in [0.3, 0.4) is 0 Å². The van der Waals surface area contributed by atoms with Crippen LogP contribution in [0.2, 0.25) is 0 Å². The number of anilines is 1. The maximum absolute atomic E-state index is 5.72. The van der Waals surface area contributed by atoms with Crippen LogP contribution in [0.25, 0.3) is 16.9 Å². The summed E-state index contributed by atoms with van der Waals surface area (Å²) in [6, 6.07) is 11.4. The number of hydrogen-bond donors (Lipinski definition) is 1. The fourth-order valence-corrected chi connectivity index (χ4v) is 2.08. The number of benzene rings is 1. The van der Waals surface area contributed by atoms with E-state index in [2.05, 4.69) is 25.9 Å². The number of aromatic nitrogens is 3. The monoisotopic (exact) mass is 288 g/mol. The molecule has 0 atom stereocenters. The van der Waals surface area contributed by atoms with E-state index >= 15 is 0 Å². The molecule has 2 aromatic heterocycles. The fourth-order valence-electron chi connectivity index (χ4n) is 1.74. The van der Waals surface area contributed by atoms with Crippen molar-refractivity contribution in [3.63, 3.8) is 0 Å². The second kappa shape index (κ2) is 3.85. The van der Waals surface area contributed by atoms with Gasteiger partial charge in [0.25, 0.3) is 0 Å². The Morgan fingerprint density at radius 3 is 2.88 bits per heavy atom. The van der Waals surface area contributed by atoms with E-state index in [0.717, 1.165) is 21.5 Å². The van der Waals surface area contributed by atoms with Gasteiger partial charge >= 0.3 is 0 Å². The van der Waals surface area contributed by atoms with Gasteiger partial charge in [-0.25, -0.2) is 9.97 Å². The number of imidazole rings is 1. The Kier molecular flexibility index (Phi) is 2.33. The van der Waals surface area contributed by atoms with Gasteiger partial charge in [-0.05, 0) is 46.3 Å². The third-order valence-corrected chi connectivity index (χ3v) is 2.96. The third kappa shape index (κ3) is 1.78. The summed E-state index contributed by atoms with van der Waals surface area (Å²) in [5, 5.41) is 0. The molecule has 0 radical (unpaired) electrons. The first-order valence-electron chi connectivity index (χ1n) is 5.09. The summed E-state index contributed by atoms with van der Waals surface area (Å²) in [4.78, 5) is 8.71. The lowest BCUT2D eigenvalue weighted by molar-refractivity contribution is 1.01. The van der Waals surface area contributed by atoms with Crippen molar-refractivity contribution in [1.29, 1.82) is 0 Å². The molecule has 1 aromatic carbocycles. The Hall–Kier alpha value is -1.88. The molecule has 84 valence electrons. The number of hydrogen-bond acceptors (Lipinski definition) is 3. The lowest BCUT2D eigenvalue weighted by Crippen LogP contribution is -1.95.